The highest BCUT2D eigenvalue weighted by Crippen LogP contribution is 2.66. The van der Waals surface area contributed by atoms with Gasteiger partial charge in [0, 0.05) is 39.9 Å². The Labute approximate surface area is 340 Å². The molecule has 0 bridgehead atoms. The quantitative estimate of drug-likeness (QED) is 0.180. The van der Waals surface area contributed by atoms with Crippen LogP contribution >= 0.6 is 0 Å². The molecule has 3 aliphatic rings. The highest BCUT2D eigenvalue weighted by Gasteiger charge is 2.54. The highest BCUT2D eigenvalue weighted by atomic mass is 16.5. The van der Waals surface area contributed by atoms with Crippen LogP contribution in [0.4, 0.5) is 17.1 Å². The number of nitrogens with zero attached hydrogens (tertiary/aromatic N) is 4. The Morgan fingerprint density at radius 2 is 1.08 bits per heavy atom. The predicted octanol–water partition coefficient (Wildman–Crippen LogP) is 13.4. The monoisotopic (exact) mass is 752 g/mol. The smallest absolute Gasteiger partial charge is 0.159 e. The Hall–Kier alpha value is -7.89. The molecule has 7 aromatic carbocycles. The van der Waals surface area contributed by atoms with Gasteiger partial charge in [-0.3, -0.25) is 9.97 Å². The summed E-state index contributed by atoms with van der Waals surface area (Å²) in [6.45, 7) is 0. The zero-order valence-electron chi connectivity index (χ0n) is 31.7. The summed E-state index contributed by atoms with van der Waals surface area (Å²) < 4.78 is 7.10. The van der Waals surface area contributed by atoms with Crippen molar-refractivity contribution in [2.24, 2.45) is 0 Å². The normalized spacial score (nSPS) is 15.3. The number of hydrogen-bond acceptors (Lipinski definition) is 5. The molecule has 59 heavy (non-hydrogen) atoms. The first-order valence-corrected chi connectivity index (χ1v) is 20.0. The van der Waals surface area contributed by atoms with Crippen LogP contribution in [0.15, 0.2) is 194 Å². The van der Waals surface area contributed by atoms with Crippen molar-refractivity contribution in [1.82, 2.24) is 15.0 Å². The Bertz CT molecular complexity index is 3400. The summed E-state index contributed by atoms with van der Waals surface area (Å²) in [6, 6.07) is 64.7. The summed E-state index contributed by atoms with van der Waals surface area (Å²) in [5.41, 5.74) is 16.2. The van der Waals surface area contributed by atoms with E-state index in [1.54, 1.807) is 0 Å². The number of para-hydroxylation sites is 3. The maximum Gasteiger partial charge on any atom is 0.159 e. The van der Waals surface area contributed by atoms with Crippen LogP contribution in [0.25, 0.3) is 66.6 Å². The molecule has 4 heterocycles. The van der Waals surface area contributed by atoms with Crippen LogP contribution in [0.5, 0.6) is 11.5 Å². The van der Waals surface area contributed by atoms with E-state index in [1.807, 2.05) is 18.5 Å². The molecule has 1 unspecified atom stereocenters. The maximum atomic E-state index is 7.10. The van der Waals surface area contributed by atoms with Crippen LogP contribution in [-0.2, 0) is 5.41 Å². The average Bonchev–Trinajstić information content (AvgIpc) is 3.78. The van der Waals surface area contributed by atoms with Crippen molar-refractivity contribution in [2.45, 2.75) is 5.41 Å². The molecule has 1 aliphatic heterocycles. The van der Waals surface area contributed by atoms with Gasteiger partial charge < -0.3 is 9.64 Å². The van der Waals surface area contributed by atoms with E-state index in [2.05, 4.69) is 181 Å². The summed E-state index contributed by atoms with van der Waals surface area (Å²) in [5.74, 6) is 1.67. The van der Waals surface area contributed by atoms with Gasteiger partial charge in [0.05, 0.1) is 45.1 Å². The third kappa shape index (κ3) is 4.31. The van der Waals surface area contributed by atoms with Crippen molar-refractivity contribution in [3.8, 4) is 56.4 Å². The number of aromatic nitrogens is 3. The zero-order valence-corrected chi connectivity index (χ0v) is 31.7. The van der Waals surface area contributed by atoms with Gasteiger partial charge in [0.1, 0.15) is 0 Å². The number of anilines is 3. The number of rotatable bonds is 3. The number of benzene rings is 7. The van der Waals surface area contributed by atoms with Gasteiger partial charge in [0.25, 0.3) is 0 Å². The fourth-order valence-corrected chi connectivity index (χ4v) is 10.2. The van der Waals surface area contributed by atoms with Crippen molar-refractivity contribution in [1.29, 1.82) is 0 Å². The third-order valence-electron chi connectivity index (χ3n) is 12.6. The molecule has 13 rings (SSSR count). The van der Waals surface area contributed by atoms with E-state index >= 15 is 0 Å². The van der Waals surface area contributed by atoms with Crippen LogP contribution in [0.2, 0.25) is 0 Å². The van der Waals surface area contributed by atoms with Gasteiger partial charge in [-0.2, -0.15) is 0 Å². The van der Waals surface area contributed by atoms with E-state index in [4.69, 9.17) is 19.7 Å². The first kappa shape index (κ1) is 32.2. The van der Waals surface area contributed by atoms with Crippen LogP contribution in [0.1, 0.15) is 22.3 Å². The third-order valence-corrected chi connectivity index (χ3v) is 12.6. The van der Waals surface area contributed by atoms with Gasteiger partial charge in [-0.15, -0.1) is 0 Å². The van der Waals surface area contributed by atoms with E-state index < -0.39 is 5.41 Å². The second-order valence-corrected chi connectivity index (χ2v) is 15.5. The van der Waals surface area contributed by atoms with Crippen LogP contribution in [0, 0.1) is 0 Å². The lowest BCUT2D eigenvalue weighted by molar-refractivity contribution is 0.478. The minimum Gasteiger partial charge on any atom is -0.452 e. The molecule has 5 nitrogen and oxygen atoms in total. The number of ether oxygens (including phenoxy) is 1. The van der Waals surface area contributed by atoms with Gasteiger partial charge in [-0.1, -0.05) is 140 Å². The zero-order chi connectivity index (χ0) is 38.7. The van der Waals surface area contributed by atoms with Crippen molar-refractivity contribution >= 4 is 38.7 Å². The number of pyridine rings is 3. The lowest BCUT2D eigenvalue weighted by Gasteiger charge is -2.35. The summed E-state index contributed by atoms with van der Waals surface area (Å²) in [5, 5.41) is 3.48. The molecule has 10 aromatic rings. The van der Waals surface area contributed by atoms with Gasteiger partial charge in [0.2, 0.25) is 0 Å². The second-order valence-electron chi connectivity index (χ2n) is 15.5. The Kier molecular flexibility index (Phi) is 6.59. The molecule has 0 saturated carbocycles. The summed E-state index contributed by atoms with van der Waals surface area (Å²) >= 11 is 0. The van der Waals surface area contributed by atoms with Crippen molar-refractivity contribution in [3.63, 3.8) is 0 Å². The lowest BCUT2D eigenvalue weighted by Crippen LogP contribution is -2.26. The van der Waals surface area contributed by atoms with Crippen LogP contribution < -0.4 is 9.64 Å². The first-order chi connectivity index (χ1) is 29.3. The summed E-state index contributed by atoms with van der Waals surface area (Å²) in [4.78, 5) is 17.9. The number of fused-ring (bicyclic) bond motifs is 15. The topological polar surface area (TPSA) is 51.1 Å². The maximum absolute atomic E-state index is 7.10. The minimum atomic E-state index is -0.658. The Morgan fingerprint density at radius 1 is 0.424 bits per heavy atom. The van der Waals surface area contributed by atoms with Crippen LogP contribution in [0.3, 0.4) is 0 Å². The molecule has 0 N–H and O–H groups in total. The van der Waals surface area contributed by atoms with E-state index in [0.29, 0.717) is 0 Å². The lowest BCUT2D eigenvalue weighted by atomic mass is 9.71. The van der Waals surface area contributed by atoms with E-state index in [1.165, 1.54) is 21.9 Å². The van der Waals surface area contributed by atoms with Crippen molar-refractivity contribution < 1.29 is 4.74 Å². The molecule has 2 aliphatic carbocycles. The molecule has 1 atom stereocenters. The summed E-state index contributed by atoms with van der Waals surface area (Å²) in [6.07, 6.45) is 3.76. The predicted molar refractivity (Wildman–Crippen MR) is 237 cm³/mol. The SMILES string of the molecule is c1ccc2c(c1)Oc1c(ccc3c1-c1ccccc1C31c3cccnc3-c3nc(-c4ccccc4-c4cccc5cccnc45)ccc31)N2c1cccc2ccccc12. The van der Waals surface area contributed by atoms with E-state index in [0.717, 1.165) is 95.5 Å². The first-order valence-electron chi connectivity index (χ1n) is 20.0. The highest BCUT2D eigenvalue weighted by molar-refractivity contribution is 6.05. The Morgan fingerprint density at radius 3 is 2.05 bits per heavy atom. The second kappa shape index (κ2) is 12.1. The molecule has 0 radical (unpaired) electrons. The van der Waals surface area contributed by atoms with Crippen molar-refractivity contribution in [2.75, 3.05) is 4.90 Å². The number of hydrogen-bond donors (Lipinski definition) is 0. The average molecular weight is 753 g/mol. The largest absolute Gasteiger partial charge is 0.452 e. The molecular formula is C54H32N4O. The molecule has 5 heteroatoms. The van der Waals surface area contributed by atoms with E-state index in [9.17, 15) is 0 Å². The standard InChI is InChI=1S/C54H32N4O/c1-2-17-35-33(13-1)14-10-25-45(35)58-46-24-7-8-26-48(46)59-53-47(58)30-28-41-49(53)39-20-5-6-22-40(39)54(41)42-23-12-32-56-51(42)52-43(54)27-29-44(57-52)37-19-4-3-18-36(37)38-21-9-15-34-16-11-31-55-50(34)38/h1-32H. The van der Waals surface area contributed by atoms with E-state index in [-0.39, 0.29) is 0 Å². The van der Waals surface area contributed by atoms with Crippen LogP contribution in [-0.4, -0.2) is 15.0 Å². The molecule has 274 valence electrons. The van der Waals surface area contributed by atoms with Gasteiger partial charge >= 0.3 is 0 Å². The van der Waals surface area contributed by atoms with Gasteiger partial charge in [0.15, 0.2) is 11.5 Å². The molecule has 0 amide bonds. The van der Waals surface area contributed by atoms with Crippen molar-refractivity contribution in [3.05, 3.63) is 217 Å². The Balaban J connectivity index is 1.05. The molecule has 3 aromatic heterocycles. The van der Waals surface area contributed by atoms with Gasteiger partial charge in [-0.25, -0.2) is 4.98 Å². The summed E-state index contributed by atoms with van der Waals surface area (Å²) in [7, 11) is 0. The fourth-order valence-electron chi connectivity index (χ4n) is 10.2. The molecular weight excluding hydrogens is 721 g/mol. The van der Waals surface area contributed by atoms with Gasteiger partial charge in [-0.05, 0) is 81.2 Å². The molecule has 0 saturated heterocycles. The molecule has 1 spiro atoms. The fraction of sp³-hybridized carbons (Fsp3) is 0.0185. The minimum absolute atomic E-state index is 0.658. The molecule has 0 fully saturated rings.